The van der Waals surface area contributed by atoms with Crippen LogP contribution < -0.4 is 10.4 Å². The number of nitrogens with one attached hydrogen (secondary N) is 1. The Bertz CT molecular complexity index is 828. The summed E-state index contributed by atoms with van der Waals surface area (Å²) in [6.07, 6.45) is 5.55. The van der Waals surface area contributed by atoms with Crippen molar-refractivity contribution in [2.45, 2.75) is 12.0 Å². The summed E-state index contributed by atoms with van der Waals surface area (Å²) in [5.41, 5.74) is 7.28. The molecule has 0 radical (unpaired) electrons. The zero-order chi connectivity index (χ0) is 17.0. The zero-order valence-corrected chi connectivity index (χ0v) is 14.2. The Balaban J connectivity index is 1.68. The minimum atomic E-state index is -0.188. The van der Waals surface area contributed by atoms with Gasteiger partial charge in [-0.2, -0.15) is 0 Å². The van der Waals surface area contributed by atoms with Crippen LogP contribution in [0.1, 0.15) is 17.5 Å². The molecule has 1 fully saturated rings. The van der Waals surface area contributed by atoms with Crippen molar-refractivity contribution in [1.29, 1.82) is 0 Å². The highest BCUT2D eigenvalue weighted by atomic mass is 15.6. The summed E-state index contributed by atoms with van der Waals surface area (Å²) in [7, 11) is 0. The highest BCUT2D eigenvalue weighted by molar-refractivity contribution is 5.54. The van der Waals surface area contributed by atoms with E-state index in [1.807, 2.05) is 0 Å². The number of hydrazine groups is 1. The van der Waals surface area contributed by atoms with Gasteiger partial charge in [-0.3, -0.25) is 0 Å². The van der Waals surface area contributed by atoms with Crippen LogP contribution >= 0.6 is 0 Å². The lowest BCUT2D eigenvalue weighted by atomic mass is 9.87. The maximum Gasteiger partial charge on any atom is 0.0822 e. The molecule has 2 nitrogen and oxygen atoms in total. The van der Waals surface area contributed by atoms with Crippen molar-refractivity contribution in [2.24, 2.45) is 0 Å². The Hall–Kier alpha value is -2.84. The van der Waals surface area contributed by atoms with Gasteiger partial charge in [0.15, 0.2) is 0 Å². The van der Waals surface area contributed by atoms with Gasteiger partial charge < -0.3 is 5.01 Å². The van der Waals surface area contributed by atoms with Crippen molar-refractivity contribution in [3.63, 3.8) is 0 Å². The molecule has 0 amide bonds. The van der Waals surface area contributed by atoms with Crippen LogP contribution in [0.15, 0.2) is 97.1 Å². The van der Waals surface area contributed by atoms with Crippen molar-refractivity contribution >= 4 is 11.8 Å². The molecular weight excluding hydrogens is 304 g/mol. The van der Waals surface area contributed by atoms with Crippen LogP contribution in [0.2, 0.25) is 0 Å². The molecule has 25 heavy (non-hydrogen) atoms. The number of rotatable bonds is 4. The lowest BCUT2D eigenvalue weighted by Crippen LogP contribution is -2.42. The first-order valence-corrected chi connectivity index (χ1v) is 8.76. The first kappa shape index (κ1) is 15.7. The number of hydrogen-bond acceptors (Lipinski definition) is 2. The van der Waals surface area contributed by atoms with Crippen molar-refractivity contribution in [2.75, 3.05) is 11.6 Å². The van der Waals surface area contributed by atoms with Crippen LogP contribution in [0.25, 0.3) is 6.08 Å². The second kappa shape index (κ2) is 6.96. The molecule has 1 saturated heterocycles. The molecule has 1 aliphatic rings. The van der Waals surface area contributed by atoms with E-state index >= 15 is 0 Å². The Kier molecular flexibility index (Phi) is 4.36. The Morgan fingerprint density at radius 2 is 1.36 bits per heavy atom. The summed E-state index contributed by atoms with van der Waals surface area (Å²) in [4.78, 5) is 0. The monoisotopic (exact) mass is 326 g/mol. The van der Waals surface area contributed by atoms with Gasteiger partial charge in [0.2, 0.25) is 0 Å². The third-order valence-electron chi connectivity index (χ3n) is 4.78. The van der Waals surface area contributed by atoms with Crippen molar-refractivity contribution in [1.82, 2.24) is 5.43 Å². The fraction of sp³-hybridized carbons (Fsp3) is 0.130. The van der Waals surface area contributed by atoms with E-state index < -0.39 is 0 Å². The zero-order valence-electron chi connectivity index (χ0n) is 14.2. The molecule has 124 valence electrons. The summed E-state index contributed by atoms with van der Waals surface area (Å²) in [6.45, 7) is 0.970. The van der Waals surface area contributed by atoms with Gasteiger partial charge in [-0.25, -0.2) is 5.43 Å². The summed E-state index contributed by atoms with van der Waals surface area (Å²) in [5, 5.41) is 2.25. The lowest BCUT2D eigenvalue weighted by molar-refractivity contribution is 0.488. The molecule has 0 bridgehead atoms. The Morgan fingerprint density at radius 3 is 2.04 bits per heavy atom. The van der Waals surface area contributed by atoms with Gasteiger partial charge in [-0.05, 0) is 29.7 Å². The van der Waals surface area contributed by atoms with Crippen molar-refractivity contribution in [3.8, 4) is 0 Å². The van der Waals surface area contributed by atoms with E-state index in [0.717, 1.165) is 13.0 Å². The van der Waals surface area contributed by atoms with Gasteiger partial charge in [0, 0.05) is 6.54 Å². The average Bonchev–Trinajstić information content (AvgIpc) is 3.14. The van der Waals surface area contributed by atoms with Gasteiger partial charge in [0.25, 0.3) is 0 Å². The second-order valence-electron chi connectivity index (χ2n) is 6.43. The van der Waals surface area contributed by atoms with Crippen LogP contribution in [0, 0.1) is 0 Å². The number of hydrogen-bond donors (Lipinski definition) is 1. The molecule has 1 atom stereocenters. The number of para-hydroxylation sites is 1. The number of nitrogens with zero attached hydrogens (tertiary/aromatic N) is 1. The van der Waals surface area contributed by atoms with Crippen LogP contribution in [-0.4, -0.2) is 6.54 Å². The highest BCUT2D eigenvalue weighted by Crippen LogP contribution is 2.34. The minimum absolute atomic E-state index is 0.188. The van der Waals surface area contributed by atoms with Gasteiger partial charge in [-0.1, -0.05) is 91.0 Å². The number of anilines is 1. The van der Waals surface area contributed by atoms with Crippen LogP contribution in [0.5, 0.6) is 0 Å². The van der Waals surface area contributed by atoms with E-state index in [9.17, 15) is 0 Å². The van der Waals surface area contributed by atoms with E-state index in [1.54, 1.807) is 0 Å². The maximum absolute atomic E-state index is 3.75. The van der Waals surface area contributed by atoms with E-state index in [1.165, 1.54) is 16.8 Å². The molecular formula is C23H22N2. The van der Waals surface area contributed by atoms with Crippen molar-refractivity contribution < 1.29 is 0 Å². The average molecular weight is 326 g/mol. The first-order valence-electron chi connectivity index (χ1n) is 8.76. The van der Waals surface area contributed by atoms with E-state index in [2.05, 4.69) is 114 Å². The molecule has 0 aromatic heterocycles. The molecule has 0 saturated carbocycles. The molecule has 1 aliphatic heterocycles. The maximum atomic E-state index is 3.75. The molecule has 1 heterocycles. The van der Waals surface area contributed by atoms with E-state index in [0.29, 0.717) is 0 Å². The Morgan fingerprint density at radius 1 is 0.760 bits per heavy atom. The fourth-order valence-corrected chi connectivity index (χ4v) is 3.41. The van der Waals surface area contributed by atoms with E-state index in [-0.39, 0.29) is 5.54 Å². The van der Waals surface area contributed by atoms with Gasteiger partial charge >= 0.3 is 0 Å². The normalized spacial score (nSPS) is 20.2. The molecule has 2 heteroatoms. The van der Waals surface area contributed by atoms with Crippen LogP contribution in [-0.2, 0) is 5.54 Å². The second-order valence-corrected chi connectivity index (χ2v) is 6.43. The van der Waals surface area contributed by atoms with Gasteiger partial charge in [0.1, 0.15) is 0 Å². The largest absolute Gasteiger partial charge is 0.307 e. The highest BCUT2D eigenvalue weighted by Gasteiger charge is 2.37. The third-order valence-corrected chi connectivity index (χ3v) is 4.78. The molecule has 0 spiro atoms. The Labute approximate surface area is 149 Å². The summed E-state index contributed by atoms with van der Waals surface area (Å²) >= 11 is 0. The molecule has 3 aromatic rings. The minimum Gasteiger partial charge on any atom is -0.307 e. The van der Waals surface area contributed by atoms with Gasteiger partial charge in [-0.15, -0.1) is 0 Å². The molecule has 3 aromatic carbocycles. The predicted molar refractivity (Wildman–Crippen MR) is 105 cm³/mol. The smallest absolute Gasteiger partial charge is 0.0822 e. The summed E-state index contributed by atoms with van der Waals surface area (Å²) in [6, 6.07) is 31.7. The molecule has 0 aliphatic carbocycles. The topological polar surface area (TPSA) is 15.3 Å². The molecule has 4 rings (SSSR count). The van der Waals surface area contributed by atoms with E-state index in [4.69, 9.17) is 0 Å². The summed E-state index contributed by atoms with van der Waals surface area (Å²) < 4.78 is 0. The molecule has 1 N–H and O–H groups in total. The quantitative estimate of drug-likeness (QED) is 0.725. The SMILES string of the molecule is C(=CC1(c2ccccc2)CCN(c2ccccc2)N1)c1ccccc1. The number of benzene rings is 3. The van der Waals surface area contributed by atoms with Crippen LogP contribution in [0.4, 0.5) is 5.69 Å². The predicted octanol–water partition coefficient (Wildman–Crippen LogP) is 5.01. The lowest BCUT2D eigenvalue weighted by Gasteiger charge is -2.29. The fourth-order valence-electron chi connectivity index (χ4n) is 3.41. The standard InChI is InChI=1S/C23H22N2/c1-4-10-20(11-5-1)16-17-23(21-12-6-2-7-13-21)18-19-25(24-23)22-14-8-3-9-15-22/h1-17,24H,18-19H2. The van der Waals surface area contributed by atoms with Crippen LogP contribution in [0.3, 0.4) is 0 Å². The van der Waals surface area contributed by atoms with Crippen molar-refractivity contribution in [3.05, 3.63) is 108 Å². The van der Waals surface area contributed by atoms with Gasteiger partial charge in [0.05, 0.1) is 11.2 Å². The summed E-state index contributed by atoms with van der Waals surface area (Å²) in [5.74, 6) is 0. The third kappa shape index (κ3) is 3.35. The first-order chi connectivity index (χ1) is 12.4. The molecule has 1 unspecified atom stereocenters.